The van der Waals surface area contributed by atoms with Gasteiger partial charge in [0.25, 0.3) is 11.8 Å². The van der Waals surface area contributed by atoms with Gasteiger partial charge >= 0.3 is 0 Å². The van der Waals surface area contributed by atoms with E-state index in [0.717, 1.165) is 51.4 Å². The summed E-state index contributed by atoms with van der Waals surface area (Å²) in [4.78, 5) is 36.3. The van der Waals surface area contributed by atoms with Gasteiger partial charge in [0.2, 0.25) is 0 Å². The highest BCUT2D eigenvalue weighted by atomic mass is 16.2. The molecule has 7 heteroatoms. The number of nitrogens with two attached hydrogens (primary N) is 1. The summed E-state index contributed by atoms with van der Waals surface area (Å²) in [5.74, 6) is -0.457. The third-order valence-corrected chi connectivity index (χ3v) is 6.94. The molecule has 2 amide bonds. The van der Waals surface area contributed by atoms with E-state index in [0.29, 0.717) is 29.7 Å². The molecule has 3 heterocycles. The van der Waals surface area contributed by atoms with E-state index >= 15 is 0 Å². The number of likely N-dealkylation sites (N-methyl/N-ethyl adjacent to an activating group) is 1. The number of benzene rings is 3. The van der Waals surface area contributed by atoms with Gasteiger partial charge in [0, 0.05) is 65.1 Å². The molecule has 0 aliphatic carbocycles. The molecule has 7 nitrogen and oxygen atoms in total. The summed E-state index contributed by atoms with van der Waals surface area (Å²) >= 11 is 0. The van der Waals surface area contributed by atoms with Crippen LogP contribution in [0.1, 0.15) is 20.7 Å². The normalized spacial score (nSPS) is 14.9. The number of hydrogen-bond acceptors (Lipinski definition) is 3. The van der Waals surface area contributed by atoms with E-state index in [1.807, 2.05) is 47.5 Å². The van der Waals surface area contributed by atoms with Crippen LogP contribution < -0.4 is 5.73 Å². The maximum atomic E-state index is 13.3. The standard InChI is InChI=1S/C27H25N5O2/c1-31-11-13-32(14-12-31)27(34)16-5-8-23-21(15-16)24-19(6-7-20(26(28)33)25(24)30-23)17-3-2-4-22-18(17)9-10-29-22/h2-10,15,29-30H,11-14H2,1H3,(H2,28,33). The number of nitrogens with zero attached hydrogens (tertiary/aromatic N) is 2. The van der Waals surface area contributed by atoms with Gasteiger partial charge in [-0.05, 0) is 54.6 Å². The number of carbonyl (C=O) groups is 2. The minimum Gasteiger partial charge on any atom is -0.366 e. The van der Waals surface area contributed by atoms with E-state index in [9.17, 15) is 9.59 Å². The Balaban J connectivity index is 1.58. The third kappa shape index (κ3) is 3.16. The summed E-state index contributed by atoms with van der Waals surface area (Å²) < 4.78 is 0. The predicted molar refractivity (Wildman–Crippen MR) is 135 cm³/mol. The van der Waals surface area contributed by atoms with Gasteiger partial charge in [-0.3, -0.25) is 9.59 Å². The predicted octanol–water partition coefficient (Wildman–Crippen LogP) is 3.96. The van der Waals surface area contributed by atoms with E-state index in [1.165, 1.54) is 0 Å². The van der Waals surface area contributed by atoms with E-state index in [2.05, 4.69) is 34.0 Å². The van der Waals surface area contributed by atoms with Crippen LogP contribution in [0.2, 0.25) is 0 Å². The first-order valence-electron chi connectivity index (χ1n) is 11.4. The highest BCUT2D eigenvalue weighted by Crippen LogP contribution is 2.39. The average molecular weight is 452 g/mol. The first kappa shape index (κ1) is 20.5. The van der Waals surface area contributed by atoms with Crippen LogP contribution in [0.25, 0.3) is 43.8 Å². The highest BCUT2D eigenvalue weighted by Gasteiger charge is 2.22. The molecule has 4 N–H and O–H groups in total. The van der Waals surface area contributed by atoms with Gasteiger partial charge in [0.05, 0.1) is 11.1 Å². The van der Waals surface area contributed by atoms with Crippen LogP contribution in [-0.2, 0) is 0 Å². The number of amides is 2. The zero-order chi connectivity index (χ0) is 23.4. The van der Waals surface area contributed by atoms with Gasteiger partial charge < -0.3 is 25.5 Å². The van der Waals surface area contributed by atoms with E-state index in [4.69, 9.17) is 5.73 Å². The number of aromatic nitrogens is 2. The number of rotatable bonds is 3. The number of H-pyrrole nitrogens is 2. The second-order valence-corrected chi connectivity index (χ2v) is 9.00. The molecular weight excluding hydrogens is 426 g/mol. The molecule has 3 aromatic carbocycles. The van der Waals surface area contributed by atoms with E-state index in [-0.39, 0.29) is 5.91 Å². The molecular formula is C27H25N5O2. The number of primary amides is 1. The highest BCUT2D eigenvalue weighted by molar-refractivity contribution is 6.22. The smallest absolute Gasteiger partial charge is 0.253 e. The molecule has 0 unspecified atom stereocenters. The van der Waals surface area contributed by atoms with Gasteiger partial charge in [-0.25, -0.2) is 0 Å². The van der Waals surface area contributed by atoms with Gasteiger partial charge in [-0.2, -0.15) is 0 Å². The van der Waals surface area contributed by atoms with Crippen molar-refractivity contribution >= 4 is 44.5 Å². The van der Waals surface area contributed by atoms with Crippen molar-refractivity contribution in [2.45, 2.75) is 0 Å². The van der Waals surface area contributed by atoms with Crippen molar-refractivity contribution in [1.29, 1.82) is 0 Å². The zero-order valence-electron chi connectivity index (χ0n) is 18.9. The average Bonchev–Trinajstić information content (AvgIpc) is 3.48. The number of hydrogen-bond donors (Lipinski definition) is 3. The molecule has 0 spiro atoms. The van der Waals surface area contributed by atoms with Crippen LogP contribution in [0, 0.1) is 0 Å². The maximum Gasteiger partial charge on any atom is 0.253 e. The lowest BCUT2D eigenvalue weighted by atomic mass is 9.94. The Hall–Kier alpha value is -4.10. The number of fused-ring (bicyclic) bond motifs is 4. The number of nitrogens with one attached hydrogen (secondary N) is 2. The van der Waals surface area contributed by atoms with Crippen LogP contribution in [0.4, 0.5) is 0 Å². The van der Waals surface area contributed by atoms with Crippen molar-refractivity contribution in [2.24, 2.45) is 5.73 Å². The number of aromatic amines is 2. The SMILES string of the molecule is CN1CCN(C(=O)c2ccc3[nH]c4c(C(N)=O)ccc(-c5cccc6[nH]ccc56)c4c3c2)CC1. The van der Waals surface area contributed by atoms with Crippen molar-refractivity contribution in [3.05, 3.63) is 71.9 Å². The Labute approximate surface area is 196 Å². The van der Waals surface area contributed by atoms with Crippen LogP contribution in [0.3, 0.4) is 0 Å². The van der Waals surface area contributed by atoms with Crippen LogP contribution in [0.5, 0.6) is 0 Å². The lowest BCUT2D eigenvalue weighted by Gasteiger charge is -2.32. The molecule has 0 radical (unpaired) electrons. The largest absolute Gasteiger partial charge is 0.366 e. The minimum absolute atomic E-state index is 0.0321. The molecule has 5 aromatic rings. The molecule has 0 atom stereocenters. The second kappa shape index (κ2) is 7.74. The maximum absolute atomic E-state index is 13.3. The molecule has 1 fully saturated rings. The second-order valence-electron chi connectivity index (χ2n) is 9.00. The zero-order valence-corrected chi connectivity index (χ0v) is 18.9. The lowest BCUT2D eigenvalue weighted by molar-refractivity contribution is 0.0664. The summed E-state index contributed by atoms with van der Waals surface area (Å²) in [5.41, 5.74) is 11.4. The van der Waals surface area contributed by atoms with Crippen LogP contribution in [-0.4, -0.2) is 64.8 Å². The quantitative estimate of drug-likeness (QED) is 0.387. The summed E-state index contributed by atoms with van der Waals surface area (Å²) in [7, 11) is 2.07. The molecule has 1 aliphatic heterocycles. The third-order valence-electron chi connectivity index (χ3n) is 6.94. The van der Waals surface area contributed by atoms with Crippen molar-refractivity contribution in [2.75, 3.05) is 33.2 Å². The Kier molecular flexibility index (Phi) is 4.67. The summed E-state index contributed by atoms with van der Waals surface area (Å²) in [5, 5.41) is 2.89. The van der Waals surface area contributed by atoms with Crippen LogP contribution in [0.15, 0.2) is 60.8 Å². The monoisotopic (exact) mass is 451 g/mol. The summed E-state index contributed by atoms with van der Waals surface area (Å²) in [6.45, 7) is 3.17. The molecule has 34 heavy (non-hydrogen) atoms. The Morgan fingerprint density at radius 3 is 2.50 bits per heavy atom. The van der Waals surface area contributed by atoms with Gasteiger partial charge in [-0.1, -0.05) is 18.2 Å². The van der Waals surface area contributed by atoms with Crippen LogP contribution >= 0.6 is 0 Å². The molecule has 6 rings (SSSR count). The Morgan fingerprint density at radius 1 is 0.882 bits per heavy atom. The lowest BCUT2D eigenvalue weighted by Crippen LogP contribution is -2.47. The van der Waals surface area contributed by atoms with Crippen molar-refractivity contribution in [3.8, 4) is 11.1 Å². The van der Waals surface area contributed by atoms with Gasteiger partial charge in [0.15, 0.2) is 0 Å². The van der Waals surface area contributed by atoms with Crippen molar-refractivity contribution in [3.63, 3.8) is 0 Å². The van der Waals surface area contributed by atoms with E-state index < -0.39 is 5.91 Å². The van der Waals surface area contributed by atoms with Gasteiger partial charge in [-0.15, -0.1) is 0 Å². The molecule has 1 aliphatic rings. The van der Waals surface area contributed by atoms with Gasteiger partial charge in [0.1, 0.15) is 0 Å². The van der Waals surface area contributed by atoms with Crippen molar-refractivity contribution < 1.29 is 9.59 Å². The fourth-order valence-corrected chi connectivity index (χ4v) is 5.08. The molecule has 170 valence electrons. The number of carbonyl (C=O) groups excluding carboxylic acids is 2. The Morgan fingerprint density at radius 2 is 1.71 bits per heavy atom. The number of piperazine rings is 1. The van der Waals surface area contributed by atoms with Crippen molar-refractivity contribution in [1.82, 2.24) is 19.8 Å². The Bertz CT molecular complexity index is 1590. The fraction of sp³-hybridized carbons (Fsp3) is 0.185. The molecule has 0 bridgehead atoms. The topological polar surface area (TPSA) is 98.2 Å². The first-order chi connectivity index (χ1) is 16.5. The van der Waals surface area contributed by atoms with E-state index in [1.54, 1.807) is 6.07 Å². The molecule has 2 aromatic heterocycles. The minimum atomic E-state index is -0.489. The fourth-order valence-electron chi connectivity index (χ4n) is 5.08. The first-order valence-corrected chi connectivity index (χ1v) is 11.4. The molecule has 0 saturated carbocycles. The summed E-state index contributed by atoms with van der Waals surface area (Å²) in [6, 6.07) is 17.6. The summed E-state index contributed by atoms with van der Waals surface area (Å²) in [6.07, 6.45) is 1.92. The molecule has 1 saturated heterocycles.